The van der Waals surface area contributed by atoms with Crippen molar-refractivity contribution in [3.8, 4) is 11.8 Å². The number of amides is 1. The molecule has 1 aromatic carbocycles. The molecule has 3 aromatic rings. The monoisotopic (exact) mass is 367 g/mol. The van der Waals surface area contributed by atoms with Gasteiger partial charge in [0, 0.05) is 6.54 Å². The molecule has 0 saturated carbocycles. The summed E-state index contributed by atoms with van der Waals surface area (Å²) in [6.07, 6.45) is 6.45. The summed E-state index contributed by atoms with van der Waals surface area (Å²) in [5.41, 5.74) is 1.85. The lowest BCUT2D eigenvalue weighted by atomic mass is 10.1. The highest BCUT2D eigenvalue weighted by atomic mass is 16.5. The van der Waals surface area contributed by atoms with Crippen LogP contribution in [0, 0.1) is 0 Å². The normalized spacial score (nSPS) is 17.1. The van der Waals surface area contributed by atoms with Gasteiger partial charge in [-0.05, 0) is 25.0 Å². The molecule has 4 rings (SSSR count). The van der Waals surface area contributed by atoms with Crippen LogP contribution in [-0.4, -0.2) is 56.6 Å². The van der Waals surface area contributed by atoms with Crippen LogP contribution in [0.15, 0.2) is 43.0 Å². The average molecular weight is 367 g/mol. The second-order valence-corrected chi connectivity index (χ2v) is 6.48. The molecule has 8 nitrogen and oxygen atoms in total. The van der Waals surface area contributed by atoms with E-state index >= 15 is 0 Å². The van der Waals surface area contributed by atoms with Crippen molar-refractivity contribution < 1.29 is 14.3 Å². The Bertz CT molecular complexity index is 942. The molecule has 1 aliphatic heterocycles. The number of likely N-dealkylation sites (tertiary alicyclic amines) is 1. The molecule has 3 heterocycles. The van der Waals surface area contributed by atoms with Gasteiger partial charge in [0.15, 0.2) is 0 Å². The number of fused-ring (bicyclic) bond motifs is 1. The van der Waals surface area contributed by atoms with Crippen molar-refractivity contribution in [1.29, 1.82) is 0 Å². The zero-order chi connectivity index (χ0) is 18.6. The van der Waals surface area contributed by atoms with E-state index in [1.807, 2.05) is 33.7 Å². The van der Waals surface area contributed by atoms with Crippen molar-refractivity contribution in [2.45, 2.75) is 25.5 Å². The van der Waals surface area contributed by atoms with Gasteiger partial charge in [-0.3, -0.25) is 9.78 Å². The third-order valence-electron chi connectivity index (χ3n) is 4.65. The highest BCUT2D eigenvalue weighted by Gasteiger charge is 2.25. The predicted molar refractivity (Wildman–Crippen MR) is 98.5 cm³/mol. The summed E-state index contributed by atoms with van der Waals surface area (Å²) in [7, 11) is 1.54. The van der Waals surface area contributed by atoms with Gasteiger partial charge in [0.05, 0.1) is 43.4 Å². The standard InChI is InChI=1S/C19H21N5O3/c1-26-17-9-20-10-18(22-17)27-14-5-4-8-23(11-14)19(25)12-24-13-21-15-6-2-3-7-16(15)24/h2-3,6-7,9-10,13-14H,4-5,8,11-12H2,1H3/t14-/m1/s1. The second kappa shape index (κ2) is 7.61. The van der Waals surface area contributed by atoms with E-state index in [9.17, 15) is 4.79 Å². The van der Waals surface area contributed by atoms with Crippen molar-refractivity contribution in [3.05, 3.63) is 43.0 Å². The van der Waals surface area contributed by atoms with Gasteiger partial charge in [-0.25, -0.2) is 4.98 Å². The SMILES string of the molecule is COc1cncc(O[C@@H]2CCCN(C(=O)Cn3cnc4ccccc43)C2)n1. The van der Waals surface area contributed by atoms with Gasteiger partial charge in [0.1, 0.15) is 12.6 Å². The summed E-state index contributed by atoms with van der Waals surface area (Å²) in [6.45, 7) is 1.53. The lowest BCUT2D eigenvalue weighted by molar-refractivity contribution is -0.134. The lowest BCUT2D eigenvalue weighted by Crippen LogP contribution is -2.45. The van der Waals surface area contributed by atoms with E-state index in [0.717, 1.165) is 30.4 Å². The molecule has 2 aromatic heterocycles. The third kappa shape index (κ3) is 3.84. The molecule has 8 heteroatoms. The van der Waals surface area contributed by atoms with Gasteiger partial charge < -0.3 is 18.9 Å². The third-order valence-corrected chi connectivity index (χ3v) is 4.65. The zero-order valence-electron chi connectivity index (χ0n) is 15.1. The Morgan fingerprint density at radius 1 is 1.26 bits per heavy atom. The molecule has 1 saturated heterocycles. The van der Waals surface area contributed by atoms with E-state index < -0.39 is 0 Å². The number of aromatic nitrogens is 4. The van der Waals surface area contributed by atoms with Gasteiger partial charge in [-0.15, -0.1) is 0 Å². The van der Waals surface area contributed by atoms with Crippen LogP contribution < -0.4 is 9.47 Å². The molecule has 0 radical (unpaired) electrons. The number of nitrogens with zero attached hydrogens (tertiary/aromatic N) is 5. The summed E-state index contributed by atoms with van der Waals surface area (Å²) < 4.78 is 12.9. The fraction of sp³-hybridized carbons (Fsp3) is 0.368. The minimum Gasteiger partial charge on any atom is -0.480 e. The van der Waals surface area contributed by atoms with E-state index in [0.29, 0.717) is 18.3 Å². The van der Waals surface area contributed by atoms with Crippen LogP contribution in [0.3, 0.4) is 0 Å². The highest BCUT2D eigenvalue weighted by molar-refractivity contribution is 5.80. The summed E-state index contributed by atoms with van der Waals surface area (Å²) in [5.74, 6) is 0.876. The largest absolute Gasteiger partial charge is 0.480 e. The van der Waals surface area contributed by atoms with Crippen molar-refractivity contribution in [3.63, 3.8) is 0 Å². The number of hydrogen-bond acceptors (Lipinski definition) is 6. The molecule has 1 amide bonds. The maximum atomic E-state index is 12.8. The molecule has 1 fully saturated rings. The van der Waals surface area contributed by atoms with Crippen LogP contribution >= 0.6 is 0 Å². The van der Waals surface area contributed by atoms with Crippen molar-refractivity contribution in [2.24, 2.45) is 0 Å². The molecule has 1 aliphatic rings. The van der Waals surface area contributed by atoms with Gasteiger partial charge in [0.25, 0.3) is 0 Å². The smallest absolute Gasteiger partial charge is 0.242 e. The molecule has 27 heavy (non-hydrogen) atoms. The number of carbonyl (C=O) groups is 1. The molecule has 0 unspecified atom stereocenters. The molecule has 140 valence electrons. The molecule has 0 bridgehead atoms. The van der Waals surface area contributed by atoms with Crippen LogP contribution in [-0.2, 0) is 11.3 Å². The number of methoxy groups -OCH3 is 1. The fourth-order valence-electron chi connectivity index (χ4n) is 3.30. The van der Waals surface area contributed by atoms with Gasteiger partial charge >= 0.3 is 0 Å². The Kier molecular flexibility index (Phi) is 4.86. The number of para-hydroxylation sites is 2. The topological polar surface area (TPSA) is 82.4 Å². The van der Waals surface area contributed by atoms with Gasteiger partial charge in [-0.1, -0.05) is 12.1 Å². The predicted octanol–water partition coefficient (Wildman–Crippen LogP) is 1.90. The first-order valence-corrected chi connectivity index (χ1v) is 8.93. The Hall–Kier alpha value is -3.16. The van der Waals surface area contributed by atoms with Gasteiger partial charge in [0.2, 0.25) is 17.7 Å². The molecule has 0 aliphatic carbocycles. The Labute approximate surface area is 156 Å². The van der Waals surface area contributed by atoms with E-state index in [1.165, 1.54) is 13.3 Å². The minimum atomic E-state index is -0.108. The number of benzene rings is 1. The first-order chi connectivity index (χ1) is 13.2. The quantitative estimate of drug-likeness (QED) is 0.685. The highest BCUT2D eigenvalue weighted by Crippen LogP contribution is 2.19. The lowest BCUT2D eigenvalue weighted by Gasteiger charge is -2.32. The van der Waals surface area contributed by atoms with E-state index in [-0.39, 0.29) is 18.6 Å². The maximum Gasteiger partial charge on any atom is 0.242 e. The summed E-state index contributed by atoms with van der Waals surface area (Å²) >= 11 is 0. The summed E-state index contributed by atoms with van der Waals surface area (Å²) in [5, 5.41) is 0. The first-order valence-electron chi connectivity index (χ1n) is 8.93. The first kappa shape index (κ1) is 17.3. The van der Waals surface area contributed by atoms with Crippen molar-refractivity contribution in [2.75, 3.05) is 20.2 Å². The van der Waals surface area contributed by atoms with Crippen LogP contribution in [0.5, 0.6) is 11.8 Å². The molecular formula is C19H21N5O3. The Morgan fingerprint density at radius 2 is 2.11 bits per heavy atom. The number of piperidine rings is 1. The zero-order valence-corrected chi connectivity index (χ0v) is 15.1. The van der Waals surface area contributed by atoms with Crippen molar-refractivity contribution >= 4 is 16.9 Å². The van der Waals surface area contributed by atoms with Crippen LogP contribution in [0.25, 0.3) is 11.0 Å². The van der Waals surface area contributed by atoms with E-state index in [2.05, 4.69) is 15.0 Å². The van der Waals surface area contributed by atoms with Crippen LogP contribution in [0.1, 0.15) is 12.8 Å². The Balaban J connectivity index is 1.40. The summed E-state index contributed by atoms with van der Waals surface area (Å²) in [6, 6.07) is 7.80. The van der Waals surface area contributed by atoms with Crippen molar-refractivity contribution in [1.82, 2.24) is 24.4 Å². The minimum absolute atomic E-state index is 0.0585. The molecule has 0 N–H and O–H groups in total. The summed E-state index contributed by atoms with van der Waals surface area (Å²) in [4.78, 5) is 27.2. The second-order valence-electron chi connectivity index (χ2n) is 6.48. The molecular weight excluding hydrogens is 346 g/mol. The molecule has 0 spiro atoms. The number of carbonyl (C=O) groups excluding carboxylic acids is 1. The molecule has 1 atom stereocenters. The number of imidazole rings is 1. The number of ether oxygens (including phenoxy) is 2. The average Bonchev–Trinajstić information content (AvgIpc) is 3.11. The fourth-order valence-corrected chi connectivity index (χ4v) is 3.30. The van der Waals surface area contributed by atoms with E-state index in [4.69, 9.17) is 9.47 Å². The number of rotatable bonds is 5. The van der Waals surface area contributed by atoms with Gasteiger partial charge in [-0.2, -0.15) is 4.98 Å². The van der Waals surface area contributed by atoms with Crippen LogP contribution in [0.4, 0.5) is 0 Å². The van der Waals surface area contributed by atoms with E-state index in [1.54, 1.807) is 12.5 Å². The van der Waals surface area contributed by atoms with Crippen LogP contribution in [0.2, 0.25) is 0 Å². The number of hydrogen-bond donors (Lipinski definition) is 0. The maximum absolute atomic E-state index is 12.8. The Morgan fingerprint density at radius 3 is 3.00 bits per heavy atom.